The Morgan fingerprint density at radius 2 is 2.00 bits per heavy atom. The molecule has 1 heterocycles. The number of hydrogen-bond donors (Lipinski definition) is 7. The van der Waals surface area contributed by atoms with Gasteiger partial charge in [-0.2, -0.15) is 4.98 Å². The molecule has 1 rings (SSSR count). The SMILES string of the molecule is CC(=O)CNC(=O)N[C@@H](CCCNC(=N)N)c1nc([C@@H](N)CCC(=O)O)no1. The van der Waals surface area contributed by atoms with E-state index in [9.17, 15) is 14.4 Å². The number of Topliss-reactive ketones (excluding diaryl/α,β-unsaturated/α-hetero) is 1. The molecule has 2 atom stereocenters. The summed E-state index contributed by atoms with van der Waals surface area (Å²) in [6.07, 6.45) is 0.880. The van der Waals surface area contributed by atoms with Crippen LogP contribution < -0.4 is 27.4 Å². The molecule has 13 nitrogen and oxygen atoms in total. The predicted molar refractivity (Wildman–Crippen MR) is 97.2 cm³/mol. The number of amides is 2. The molecule has 0 bridgehead atoms. The van der Waals surface area contributed by atoms with Crippen LogP contribution in [0.4, 0.5) is 4.79 Å². The van der Waals surface area contributed by atoms with Crippen molar-refractivity contribution in [1.82, 2.24) is 26.1 Å². The highest BCUT2D eigenvalue weighted by Gasteiger charge is 2.23. The van der Waals surface area contributed by atoms with E-state index in [0.29, 0.717) is 19.4 Å². The number of carboxylic acid groups (broad SMARTS) is 1. The zero-order valence-electron chi connectivity index (χ0n) is 15.5. The molecule has 2 amide bonds. The standard InChI is InChI=1S/C15H26N8O5/c1-8(24)7-20-15(27)21-10(3-2-6-19-14(17)18)13-22-12(23-28-13)9(16)4-5-11(25)26/h9-10H,2-7,16H2,1H3,(H,25,26)(H4,17,18,19)(H2,20,21,27)/t9-,10-/m0/s1. The van der Waals surface area contributed by atoms with Gasteiger partial charge in [-0.05, 0) is 26.2 Å². The number of hydrogen-bond acceptors (Lipinski definition) is 8. The summed E-state index contributed by atoms with van der Waals surface area (Å²) < 4.78 is 5.17. The summed E-state index contributed by atoms with van der Waals surface area (Å²) in [5, 5.41) is 27.3. The van der Waals surface area contributed by atoms with E-state index in [-0.39, 0.29) is 42.8 Å². The minimum atomic E-state index is -0.987. The molecule has 0 spiro atoms. The monoisotopic (exact) mass is 398 g/mol. The molecule has 0 aliphatic carbocycles. The molecule has 0 aliphatic heterocycles. The summed E-state index contributed by atoms with van der Waals surface area (Å²) in [6.45, 7) is 1.61. The van der Waals surface area contributed by atoms with Crippen molar-refractivity contribution >= 4 is 23.7 Å². The van der Waals surface area contributed by atoms with Gasteiger partial charge in [-0.15, -0.1) is 0 Å². The summed E-state index contributed by atoms with van der Waals surface area (Å²) in [4.78, 5) is 37.8. The van der Waals surface area contributed by atoms with Crippen LogP contribution in [-0.2, 0) is 9.59 Å². The number of carbonyl (C=O) groups excluding carboxylic acids is 2. The van der Waals surface area contributed by atoms with Gasteiger partial charge in [0.25, 0.3) is 0 Å². The van der Waals surface area contributed by atoms with Crippen molar-refractivity contribution in [2.45, 2.75) is 44.7 Å². The minimum Gasteiger partial charge on any atom is -0.481 e. The van der Waals surface area contributed by atoms with Crippen LogP contribution in [0.5, 0.6) is 0 Å². The topological polar surface area (TPSA) is 222 Å². The third kappa shape index (κ3) is 8.93. The average Bonchev–Trinajstić information content (AvgIpc) is 3.10. The summed E-state index contributed by atoms with van der Waals surface area (Å²) in [7, 11) is 0. The summed E-state index contributed by atoms with van der Waals surface area (Å²) in [5.74, 6) is -1.13. The lowest BCUT2D eigenvalue weighted by Gasteiger charge is -2.15. The highest BCUT2D eigenvalue weighted by atomic mass is 16.5. The average molecular weight is 398 g/mol. The van der Waals surface area contributed by atoms with Crippen LogP contribution in [0.25, 0.3) is 0 Å². The van der Waals surface area contributed by atoms with Crippen molar-refractivity contribution in [1.29, 1.82) is 5.41 Å². The van der Waals surface area contributed by atoms with Crippen LogP contribution in [0.2, 0.25) is 0 Å². The van der Waals surface area contributed by atoms with Crippen molar-refractivity contribution in [3.05, 3.63) is 11.7 Å². The molecule has 0 aliphatic rings. The number of nitrogens with two attached hydrogens (primary N) is 2. The van der Waals surface area contributed by atoms with Gasteiger partial charge >= 0.3 is 12.0 Å². The predicted octanol–water partition coefficient (Wildman–Crippen LogP) is -0.873. The van der Waals surface area contributed by atoms with Crippen LogP contribution in [0.3, 0.4) is 0 Å². The fraction of sp³-hybridized carbons (Fsp3) is 0.600. The third-order valence-electron chi connectivity index (χ3n) is 3.54. The first-order valence-electron chi connectivity index (χ1n) is 8.61. The van der Waals surface area contributed by atoms with Crippen molar-refractivity contribution < 1.29 is 24.0 Å². The number of aromatic nitrogens is 2. The maximum absolute atomic E-state index is 12.0. The molecule has 28 heavy (non-hydrogen) atoms. The molecule has 0 saturated carbocycles. The van der Waals surface area contributed by atoms with Gasteiger partial charge in [0.15, 0.2) is 11.8 Å². The number of nitrogens with one attached hydrogen (secondary N) is 4. The van der Waals surface area contributed by atoms with Crippen molar-refractivity contribution in [3.8, 4) is 0 Å². The molecule has 13 heteroatoms. The van der Waals surface area contributed by atoms with Gasteiger partial charge in [0, 0.05) is 13.0 Å². The molecule has 0 saturated heterocycles. The molecule has 1 aromatic rings. The summed E-state index contributed by atoms with van der Waals surface area (Å²) in [5.41, 5.74) is 11.1. The van der Waals surface area contributed by atoms with Crippen molar-refractivity contribution in [2.24, 2.45) is 11.5 Å². The first-order chi connectivity index (χ1) is 13.2. The van der Waals surface area contributed by atoms with E-state index >= 15 is 0 Å². The maximum Gasteiger partial charge on any atom is 0.315 e. The smallest absolute Gasteiger partial charge is 0.315 e. The molecular weight excluding hydrogens is 372 g/mol. The number of aliphatic carboxylic acids is 1. The molecule has 1 aromatic heterocycles. The Morgan fingerprint density at radius 1 is 1.29 bits per heavy atom. The van der Waals surface area contributed by atoms with E-state index in [1.165, 1.54) is 6.92 Å². The first-order valence-corrected chi connectivity index (χ1v) is 8.61. The maximum atomic E-state index is 12.0. The minimum absolute atomic E-state index is 0.0987. The second-order valence-electron chi connectivity index (χ2n) is 6.09. The second-order valence-corrected chi connectivity index (χ2v) is 6.09. The van der Waals surface area contributed by atoms with Gasteiger partial charge < -0.3 is 37.0 Å². The van der Waals surface area contributed by atoms with E-state index in [1.54, 1.807) is 0 Å². The number of carbonyl (C=O) groups is 3. The third-order valence-corrected chi connectivity index (χ3v) is 3.54. The van der Waals surface area contributed by atoms with Gasteiger partial charge in [-0.3, -0.25) is 15.0 Å². The molecule has 0 fully saturated rings. The second kappa shape index (κ2) is 11.5. The van der Waals surface area contributed by atoms with Gasteiger partial charge in [0.1, 0.15) is 11.8 Å². The normalized spacial score (nSPS) is 12.6. The molecule has 0 aromatic carbocycles. The van der Waals surface area contributed by atoms with Gasteiger partial charge in [-0.1, -0.05) is 5.16 Å². The van der Waals surface area contributed by atoms with Crippen LogP contribution in [0.1, 0.15) is 56.4 Å². The largest absolute Gasteiger partial charge is 0.481 e. The highest BCUT2D eigenvalue weighted by Crippen LogP contribution is 2.20. The van der Waals surface area contributed by atoms with Crippen LogP contribution in [0, 0.1) is 5.41 Å². The lowest BCUT2D eigenvalue weighted by molar-refractivity contribution is -0.137. The van der Waals surface area contributed by atoms with Crippen LogP contribution >= 0.6 is 0 Å². The molecular formula is C15H26N8O5. The van der Waals surface area contributed by atoms with E-state index in [2.05, 4.69) is 26.1 Å². The van der Waals surface area contributed by atoms with Crippen LogP contribution in [0.15, 0.2) is 4.52 Å². The van der Waals surface area contributed by atoms with E-state index in [1.807, 2.05) is 0 Å². The Morgan fingerprint density at radius 3 is 2.61 bits per heavy atom. The van der Waals surface area contributed by atoms with Gasteiger partial charge in [0.2, 0.25) is 5.89 Å². The molecule has 9 N–H and O–H groups in total. The number of ketones is 1. The number of rotatable bonds is 12. The zero-order valence-corrected chi connectivity index (χ0v) is 15.5. The Labute approximate surface area is 161 Å². The Hall–Kier alpha value is -3.22. The summed E-state index contributed by atoms with van der Waals surface area (Å²) in [6, 6.07) is -1.98. The quantitative estimate of drug-likeness (QED) is 0.131. The van der Waals surface area contributed by atoms with Gasteiger partial charge in [-0.25, -0.2) is 4.79 Å². The molecule has 0 radical (unpaired) electrons. The number of carboxylic acids is 1. The first kappa shape index (κ1) is 22.8. The Bertz CT molecular complexity index is 692. The number of guanidine groups is 1. The van der Waals surface area contributed by atoms with E-state index in [4.69, 9.17) is 26.5 Å². The number of urea groups is 1. The lowest BCUT2D eigenvalue weighted by atomic mass is 10.1. The molecule has 156 valence electrons. The Kier molecular flexibility index (Phi) is 9.36. The van der Waals surface area contributed by atoms with E-state index < -0.39 is 24.1 Å². The van der Waals surface area contributed by atoms with E-state index in [0.717, 1.165) is 0 Å². The molecule has 0 unspecified atom stereocenters. The van der Waals surface area contributed by atoms with Crippen LogP contribution in [-0.4, -0.2) is 52.1 Å². The van der Waals surface area contributed by atoms with Gasteiger partial charge in [0.05, 0.1) is 12.6 Å². The van der Waals surface area contributed by atoms with Crippen molar-refractivity contribution in [2.75, 3.05) is 13.1 Å². The number of nitrogens with zero attached hydrogens (tertiary/aromatic N) is 2. The lowest BCUT2D eigenvalue weighted by Crippen LogP contribution is -2.40. The fourth-order valence-electron chi connectivity index (χ4n) is 2.15. The fourth-order valence-corrected chi connectivity index (χ4v) is 2.15. The Balaban J connectivity index is 2.76. The highest BCUT2D eigenvalue weighted by molar-refractivity contribution is 5.83. The summed E-state index contributed by atoms with van der Waals surface area (Å²) >= 11 is 0. The zero-order chi connectivity index (χ0) is 21.1. The van der Waals surface area contributed by atoms with Crippen molar-refractivity contribution in [3.63, 3.8) is 0 Å².